The first kappa shape index (κ1) is 16.4. The van der Waals surface area contributed by atoms with E-state index < -0.39 is 6.04 Å². The molecule has 1 N–H and O–H groups in total. The van der Waals surface area contributed by atoms with Gasteiger partial charge in [-0.2, -0.15) is 0 Å². The van der Waals surface area contributed by atoms with Crippen LogP contribution in [0.15, 0.2) is 18.2 Å². The summed E-state index contributed by atoms with van der Waals surface area (Å²) in [7, 11) is 2.83. The zero-order valence-corrected chi connectivity index (χ0v) is 12.6. The average molecular weight is 283 g/mol. The lowest BCUT2D eigenvalue weighted by atomic mass is 10.0. The molecule has 0 aliphatic carbocycles. The van der Waals surface area contributed by atoms with Crippen LogP contribution >= 0.6 is 0 Å². The Morgan fingerprint density at radius 2 is 1.90 bits per heavy atom. The highest BCUT2D eigenvalue weighted by atomic mass is 19.1. The van der Waals surface area contributed by atoms with E-state index >= 15 is 0 Å². The monoisotopic (exact) mass is 283 g/mol. The molecule has 2 atom stereocenters. The molecule has 0 aliphatic heterocycles. The molecular weight excluding hydrogens is 261 g/mol. The van der Waals surface area contributed by atoms with E-state index in [0.29, 0.717) is 11.3 Å². The molecule has 4 nitrogen and oxygen atoms in total. The third-order valence-electron chi connectivity index (χ3n) is 3.23. The molecule has 1 aromatic carbocycles. The van der Waals surface area contributed by atoms with E-state index in [1.54, 1.807) is 12.1 Å². The molecule has 0 amide bonds. The van der Waals surface area contributed by atoms with Crippen LogP contribution in [0.4, 0.5) is 4.39 Å². The summed E-state index contributed by atoms with van der Waals surface area (Å²) >= 11 is 0. The Morgan fingerprint density at radius 1 is 1.25 bits per heavy atom. The van der Waals surface area contributed by atoms with Crippen molar-refractivity contribution in [2.24, 2.45) is 5.92 Å². The topological polar surface area (TPSA) is 47.6 Å². The predicted molar refractivity (Wildman–Crippen MR) is 75.1 cm³/mol. The Bertz CT molecular complexity index is 462. The number of halogens is 1. The molecule has 0 spiro atoms. The van der Waals surface area contributed by atoms with Crippen molar-refractivity contribution < 1.29 is 18.7 Å². The van der Waals surface area contributed by atoms with Crippen LogP contribution in [0.3, 0.4) is 0 Å². The fourth-order valence-electron chi connectivity index (χ4n) is 2.00. The van der Waals surface area contributed by atoms with Crippen LogP contribution in [-0.4, -0.2) is 26.2 Å². The fourth-order valence-corrected chi connectivity index (χ4v) is 2.00. The Hall–Kier alpha value is -1.62. The molecule has 0 saturated carbocycles. The minimum Gasteiger partial charge on any atom is -0.497 e. The summed E-state index contributed by atoms with van der Waals surface area (Å²) in [6.45, 7) is 5.63. The molecule has 20 heavy (non-hydrogen) atoms. The Balaban J connectivity index is 2.89. The molecule has 112 valence electrons. The number of rotatable bonds is 6. The lowest BCUT2D eigenvalue weighted by molar-refractivity contribution is -0.144. The van der Waals surface area contributed by atoms with Crippen LogP contribution in [0.1, 0.15) is 32.4 Å². The standard InChI is InChI=1S/C15H22FNO3/c1-9(2)14(15(18)20-5)17-10(3)12-7-6-11(19-4)8-13(12)16/h6-10,14,17H,1-5H3. The zero-order chi connectivity index (χ0) is 15.3. The van der Waals surface area contributed by atoms with Crippen LogP contribution < -0.4 is 10.1 Å². The van der Waals surface area contributed by atoms with Gasteiger partial charge >= 0.3 is 5.97 Å². The van der Waals surface area contributed by atoms with Gasteiger partial charge in [-0.05, 0) is 18.9 Å². The van der Waals surface area contributed by atoms with Gasteiger partial charge in [-0.15, -0.1) is 0 Å². The number of benzene rings is 1. The molecule has 1 rings (SSSR count). The van der Waals surface area contributed by atoms with E-state index in [9.17, 15) is 9.18 Å². The summed E-state index contributed by atoms with van der Waals surface area (Å²) in [6.07, 6.45) is 0. The third-order valence-corrected chi connectivity index (χ3v) is 3.23. The van der Waals surface area contributed by atoms with Crippen molar-refractivity contribution in [3.63, 3.8) is 0 Å². The van der Waals surface area contributed by atoms with Crippen LogP contribution in [0.25, 0.3) is 0 Å². The maximum Gasteiger partial charge on any atom is 0.323 e. The van der Waals surface area contributed by atoms with E-state index in [1.807, 2.05) is 20.8 Å². The van der Waals surface area contributed by atoms with E-state index in [0.717, 1.165) is 0 Å². The van der Waals surface area contributed by atoms with Gasteiger partial charge in [0.05, 0.1) is 14.2 Å². The summed E-state index contributed by atoms with van der Waals surface area (Å²) in [5.74, 6) is -0.199. The van der Waals surface area contributed by atoms with E-state index in [1.165, 1.54) is 20.3 Å². The molecule has 0 saturated heterocycles. The van der Waals surface area contributed by atoms with Gasteiger partial charge in [0.15, 0.2) is 0 Å². The zero-order valence-electron chi connectivity index (χ0n) is 12.6. The molecule has 2 unspecified atom stereocenters. The van der Waals surface area contributed by atoms with Gasteiger partial charge in [0.1, 0.15) is 17.6 Å². The Kier molecular flexibility index (Phi) is 5.95. The maximum absolute atomic E-state index is 14.0. The lowest BCUT2D eigenvalue weighted by Crippen LogP contribution is -2.43. The third kappa shape index (κ3) is 3.93. The highest BCUT2D eigenvalue weighted by Gasteiger charge is 2.25. The van der Waals surface area contributed by atoms with Gasteiger partial charge in [0.2, 0.25) is 0 Å². The van der Waals surface area contributed by atoms with Crippen LogP contribution in [0.5, 0.6) is 5.75 Å². The molecular formula is C15H22FNO3. The van der Waals surface area contributed by atoms with Gasteiger partial charge in [-0.1, -0.05) is 19.9 Å². The highest BCUT2D eigenvalue weighted by Crippen LogP contribution is 2.23. The molecule has 1 aromatic rings. The predicted octanol–water partition coefficient (Wildman–Crippen LogP) is 2.68. The van der Waals surface area contributed by atoms with Gasteiger partial charge in [0.25, 0.3) is 0 Å². The quantitative estimate of drug-likeness (QED) is 0.815. The summed E-state index contributed by atoms with van der Waals surface area (Å²) < 4.78 is 23.7. The fraction of sp³-hybridized carbons (Fsp3) is 0.533. The Labute approximate surface area is 119 Å². The number of methoxy groups -OCH3 is 2. The van der Waals surface area contributed by atoms with E-state index in [4.69, 9.17) is 9.47 Å². The summed E-state index contributed by atoms with van der Waals surface area (Å²) in [6, 6.07) is 3.89. The molecule has 0 radical (unpaired) electrons. The number of nitrogens with one attached hydrogen (secondary N) is 1. The number of ether oxygens (including phenoxy) is 2. The van der Waals surface area contributed by atoms with Crippen molar-refractivity contribution in [1.82, 2.24) is 5.32 Å². The largest absolute Gasteiger partial charge is 0.497 e. The van der Waals surface area contributed by atoms with Crippen LogP contribution in [-0.2, 0) is 9.53 Å². The number of hydrogen-bond donors (Lipinski definition) is 1. The number of esters is 1. The van der Waals surface area contributed by atoms with E-state index in [-0.39, 0.29) is 23.7 Å². The van der Waals surface area contributed by atoms with Gasteiger partial charge in [0, 0.05) is 17.7 Å². The number of carbonyl (C=O) groups is 1. The van der Waals surface area contributed by atoms with Gasteiger partial charge in [-0.3, -0.25) is 10.1 Å². The van der Waals surface area contributed by atoms with Gasteiger partial charge < -0.3 is 9.47 Å². The van der Waals surface area contributed by atoms with Crippen molar-refractivity contribution in [2.45, 2.75) is 32.9 Å². The van der Waals surface area contributed by atoms with Crippen molar-refractivity contribution >= 4 is 5.97 Å². The van der Waals surface area contributed by atoms with Gasteiger partial charge in [-0.25, -0.2) is 4.39 Å². The van der Waals surface area contributed by atoms with Crippen molar-refractivity contribution in [2.75, 3.05) is 14.2 Å². The number of hydrogen-bond acceptors (Lipinski definition) is 4. The average Bonchev–Trinajstić information content (AvgIpc) is 2.43. The second kappa shape index (κ2) is 7.24. The second-order valence-electron chi connectivity index (χ2n) is 5.02. The minimum absolute atomic E-state index is 0.0474. The second-order valence-corrected chi connectivity index (χ2v) is 5.02. The minimum atomic E-state index is -0.475. The molecule has 0 bridgehead atoms. The SMILES string of the molecule is COC(=O)C(NC(C)c1ccc(OC)cc1F)C(C)C. The van der Waals surface area contributed by atoms with Crippen molar-refractivity contribution in [3.8, 4) is 5.75 Å². The van der Waals surface area contributed by atoms with E-state index in [2.05, 4.69) is 5.32 Å². The molecule has 0 heterocycles. The van der Waals surface area contributed by atoms with Crippen molar-refractivity contribution in [3.05, 3.63) is 29.6 Å². The lowest BCUT2D eigenvalue weighted by Gasteiger charge is -2.24. The summed E-state index contributed by atoms with van der Waals surface area (Å²) in [5, 5.41) is 3.11. The van der Waals surface area contributed by atoms with Crippen molar-refractivity contribution in [1.29, 1.82) is 0 Å². The first-order valence-electron chi connectivity index (χ1n) is 6.58. The maximum atomic E-state index is 14.0. The molecule has 5 heteroatoms. The molecule has 0 aromatic heterocycles. The molecule has 0 fully saturated rings. The number of carbonyl (C=O) groups excluding carboxylic acids is 1. The first-order valence-corrected chi connectivity index (χ1v) is 6.58. The highest BCUT2D eigenvalue weighted by molar-refractivity contribution is 5.76. The molecule has 0 aliphatic rings. The smallest absolute Gasteiger partial charge is 0.323 e. The summed E-state index contributed by atoms with van der Waals surface area (Å²) in [4.78, 5) is 11.7. The van der Waals surface area contributed by atoms with Crippen LogP contribution in [0.2, 0.25) is 0 Å². The normalized spacial score (nSPS) is 13.9. The Morgan fingerprint density at radius 3 is 2.35 bits per heavy atom. The summed E-state index contributed by atoms with van der Waals surface area (Å²) in [5.41, 5.74) is 0.486. The van der Waals surface area contributed by atoms with Crippen LogP contribution in [0, 0.1) is 11.7 Å². The first-order chi connectivity index (χ1) is 9.40.